The van der Waals surface area contributed by atoms with Crippen LogP contribution in [0.3, 0.4) is 0 Å². The van der Waals surface area contributed by atoms with E-state index in [1.807, 2.05) is 91.0 Å². The van der Waals surface area contributed by atoms with Gasteiger partial charge in [0, 0.05) is 18.5 Å². The minimum atomic E-state index is -0.405. The molecule has 4 rings (SSSR count). The van der Waals surface area contributed by atoms with Gasteiger partial charge in [0.1, 0.15) is 6.61 Å². The van der Waals surface area contributed by atoms with E-state index < -0.39 is 6.09 Å². The van der Waals surface area contributed by atoms with Crippen molar-refractivity contribution in [3.63, 3.8) is 0 Å². The Labute approximate surface area is 194 Å². The van der Waals surface area contributed by atoms with Crippen LogP contribution in [0.15, 0.2) is 91.0 Å². The van der Waals surface area contributed by atoms with Crippen LogP contribution in [0.5, 0.6) is 0 Å². The number of hydrogen-bond donors (Lipinski definition) is 0. The number of carbonyl (C=O) groups is 2. The third-order valence-electron chi connectivity index (χ3n) is 5.95. The second-order valence-electron chi connectivity index (χ2n) is 8.27. The summed E-state index contributed by atoms with van der Waals surface area (Å²) in [7, 11) is 0. The molecule has 3 aromatic rings. The van der Waals surface area contributed by atoms with E-state index in [-0.39, 0.29) is 31.0 Å². The van der Waals surface area contributed by atoms with Crippen LogP contribution in [-0.4, -0.2) is 35.5 Å². The van der Waals surface area contributed by atoms with E-state index in [0.29, 0.717) is 18.7 Å². The summed E-state index contributed by atoms with van der Waals surface area (Å²) in [5, 5.41) is 0. The molecule has 33 heavy (non-hydrogen) atoms. The maximum absolute atomic E-state index is 13.1. The molecule has 1 amide bonds. The summed E-state index contributed by atoms with van der Waals surface area (Å²) in [4.78, 5) is 27.8. The highest BCUT2D eigenvalue weighted by Crippen LogP contribution is 2.26. The molecule has 1 aliphatic heterocycles. The van der Waals surface area contributed by atoms with Crippen LogP contribution in [-0.2, 0) is 22.7 Å². The number of hydrogen-bond acceptors (Lipinski definition) is 4. The predicted molar refractivity (Wildman–Crippen MR) is 127 cm³/mol. The number of benzene rings is 3. The molecule has 1 heterocycles. The van der Waals surface area contributed by atoms with Gasteiger partial charge in [-0.05, 0) is 24.0 Å². The van der Waals surface area contributed by atoms with Crippen LogP contribution in [0.25, 0.3) is 0 Å². The molecular weight excluding hydrogens is 414 g/mol. The van der Waals surface area contributed by atoms with Crippen molar-refractivity contribution >= 4 is 11.9 Å². The van der Waals surface area contributed by atoms with Gasteiger partial charge in [0.05, 0.1) is 18.8 Å². The van der Waals surface area contributed by atoms with Crippen LogP contribution in [0.1, 0.15) is 40.7 Å². The lowest BCUT2D eigenvalue weighted by Gasteiger charge is -2.40. The molecule has 2 atom stereocenters. The molecular formula is C28H29NO4. The number of piperidine rings is 1. The molecule has 0 radical (unpaired) electrons. The number of nitrogens with zero attached hydrogens (tertiary/aromatic N) is 1. The Morgan fingerprint density at radius 3 is 2.00 bits per heavy atom. The summed E-state index contributed by atoms with van der Waals surface area (Å²) in [5.41, 5.74) is 2.63. The maximum atomic E-state index is 13.1. The monoisotopic (exact) mass is 443 g/mol. The molecule has 0 unspecified atom stereocenters. The summed E-state index contributed by atoms with van der Waals surface area (Å²) in [5.74, 6) is -0.00308. The molecule has 0 saturated carbocycles. The number of ether oxygens (including phenoxy) is 2. The van der Waals surface area contributed by atoms with Gasteiger partial charge < -0.3 is 14.4 Å². The van der Waals surface area contributed by atoms with E-state index >= 15 is 0 Å². The second kappa shape index (κ2) is 11.4. The summed E-state index contributed by atoms with van der Waals surface area (Å²) >= 11 is 0. The fraction of sp³-hybridized carbons (Fsp3) is 0.286. The number of Topliss-reactive ketones (excluding diaryl/α,β-unsaturated/α-hetero) is 1. The lowest BCUT2D eigenvalue weighted by molar-refractivity contribution is -0.0486. The van der Waals surface area contributed by atoms with E-state index in [9.17, 15) is 9.59 Å². The molecule has 0 N–H and O–H groups in total. The highest BCUT2D eigenvalue weighted by molar-refractivity contribution is 5.96. The Morgan fingerprint density at radius 1 is 0.788 bits per heavy atom. The van der Waals surface area contributed by atoms with Crippen molar-refractivity contribution in [1.29, 1.82) is 0 Å². The van der Waals surface area contributed by atoms with Crippen LogP contribution in [0.4, 0.5) is 4.79 Å². The average Bonchev–Trinajstić information content (AvgIpc) is 2.88. The Bertz CT molecular complexity index is 1020. The van der Waals surface area contributed by atoms with Gasteiger partial charge in [-0.15, -0.1) is 0 Å². The first-order chi connectivity index (χ1) is 16.2. The van der Waals surface area contributed by atoms with Gasteiger partial charge in [0.2, 0.25) is 0 Å². The zero-order chi connectivity index (χ0) is 22.9. The second-order valence-corrected chi connectivity index (χ2v) is 8.27. The third-order valence-corrected chi connectivity index (χ3v) is 5.95. The Kier molecular flexibility index (Phi) is 7.88. The van der Waals surface area contributed by atoms with Crippen LogP contribution in [0, 0.1) is 0 Å². The number of carbonyl (C=O) groups excluding carboxylic acids is 2. The molecule has 0 aromatic heterocycles. The highest BCUT2D eigenvalue weighted by Gasteiger charge is 2.37. The van der Waals surface area contributed by atoms with Crippen molar-refractivity contribution in [1.82, 2.24) is 4.90 Å². The van der Waals surface area contributed by atoms with Gasteiger partial charge in [-0.1, -0.05) is 91.0 Å². The van der Waals surface area contributed by atoms with Crippen LogP contribution in [0.2, 0.25) is 0 Å². The highest BCUT2D eigenvalue weighted by atomic mass is 16.6. The summed E-state index contributed by atoms with van der Waals surface area (Å²) in [6.45, 7) is 1.19. The first-order valence-corrected chi connectivity index (χ1v) is 11.4. The van der Waals surface area contributed by atoms with E-state index in [4.69, 9.17) is 9.47 Å². The zero-order valence-corrected chi connectivity index (χ0v) is 18.6. The van der Waals surface area contributed by atoms with E-state index in [0.717, 1.165) is 24.0 Å². The van der Waals surface area contributed by atoms with Gasteiger partial charge >= 0.3 is 6.09 Å². The van der Waals surface area contributed by atoms with Crippen molar-refractivity contribution in [2.75, 3.05) is 6.54 Å². The van der Waals surface area contributed by atoms with Gasteiger partial charge in [0.25, 0.3) is 0 Å². The molecule has 0 aliphatic carbocycles. The standard InChI is InChI=1S/C28H29NO4/c30-26(24-15-8-3-9-16-24)19-25-27(32-20-22-11-4-1-5-12-22)17-10-18-29(25)28(31)33-21-23-13-6-2-7-14-23/h1-9,11-16,25,27H,10,17-21H2/t25-,27-/m0/s1. The lowest BCUT2D eigenvalue weighted by atomic mass is 9.92. The van der Waals surface area contributed by atoms with E-state index in [1.165, 1.54) is 0 Å². The van der Waals surface area contributed by atoms with Gasteiger partial charge in [-0.3, -0.25) is 4.79 Å². The van der Waals surface area contributed by atoms with E-state index in [2.05, 4.69) is 0 Å². The smallest absolute Gasteiger partial charge is 0.410 e. The minimum absolute atomic E-state index is 0.00308. The quantitative estimate of drug-likeness (QED) is 0.423. The Balaban J connectivity index is 1.48. The fourth-order valence-corrected chi connectivity index (χ4v) is 4.20. The van der Waals surface area contributed by atoms with Crippen molar-refractivity contribution in [2.45, 2.75) is 44.6 Å². The molecule has 5 heteroatoms. The topological polar surface area (TPSA) is 55.8 Å². The normalized spacial score (nSPS) is 18.0. The predicted octanol–water partition coefficient (Wildman–Crippen LogP) is 5.65. The Hall–Kier alpha value is -3.44. The molecule has 0 spiro atoms. The van der Waals surface area contributed by atoms with Crippen LogP contribution < -0.4 is 0 Å². The average molecular weight is 444 g/mol. The van der Waals surface area contributed by atoms with Gasteiger partial charge in [-0.2, -0.15) is 0 Å². The third kappa shape index (κ3) is 6.30. The first-order valence-electron chi connectivity index (χ1n) is 11.4. The van der Waals surface area contributed by atoms with Crippen molar-refractivity contribution in [3.8, 4) is 0 Å². The van der Waals surface area contributed by atoms with Gasteiger partial charge in [-0.25, -0.2) is 4.79 Å². The van der Waals surface area contributed by atoms with Gasteiger partial charge in [0.15, 0.2) is 5.78 Å². The fourth-order valence-electron chi connectivity index (χ4n) is 4.20. The molecule has 5 nitrogen and oxygen atoms in total. The molecule has 1 aliphatic rings. The summed E-state index contributed by atoms with van der Waals surface area (Å²) in [6.07, 6.45) is 1.15. The number of ketones is 1. The number of rotatable bonds is 8. The number of amides is 1. The van der Waals surface area contributed by atoms with E-state index in [1.54, 1.807) is 4.90 Å². The molecule has 1 fully saturated rings. The first kappa shape index (κ1) is 22.7. The molecule has 0 bridgehead atoms. The molecule has 3 aromatic carbocycles. The van der Waals surface area contributed by atoms with Crippen LogP contribution >= 0.6 is 0 Å². The lowest BCUT2D eigenvalue weighted by Crippen LogP contribution is -2.52. The SMILES string of the molecule is O=C(C[C@H]1[C@@H](OCc2ccccc2)CCCN1C(=O)OCc1ccccc1)c1ccccc1. The number of likely N-dealkylation sites (tertiary alicyclic amines) is 1. The summed E-state index contributed by atoms with van der Waals surface area (Å²) < 4.78 is 11.9. The maximum Gasteiger partial charge on any atom is 0.410 e. The Morgan fingerprint density at radius 2 is 1.36 bits per heavy atom. The van der Waals surface area contributed by atoms with Crippen molar-refractivity contribution in [3.05, 3.63) is 108 Å². The largest absolute Gasteiger partial charge is 0.445 e. The molecule has 170 valence electrons. The molecule has 1 saturated heterocycles. The zero-order valence-electron chi connectivity index (χ0n) is 18.6. The van der Waals surface area contributed by atoms with Crippen molar-refractivity contribution in [2.24, 2.45) is 0 Å². The minimum Gasteiger partial charge on any atom is -0.445 e. The van der Waals surface area contributed by atoms with Crippen molar-refractivity contribution < 1.29 is 19.1 Å². The summed E-state index contributed by atoms with van der Waals surface area (Å²) in [6, 6.07) is 28.4.